The molecular weight excluding hydrogens is 411 g/mol. The number of aromatic nitrogens is 2. The third-order valence-electron chi connectivity index (χ3n) is 5.40. The standard InChI is InChI=1S/C21H25ClN4S.ClH/c1-15-12-18(16(2)26(15)13-17-6-4-5-7-19(17)22)20-14-27-21(23-20)25-10-8-24(3)9-11-25;/h4-7,12,14H,8-11,13H2,1-3H3;1H. The zero-order valence-corrected chi connectivity index (χ0v) is 18.9. The van der Waals surface area contributed by atoms with Crippen LogP contribution in [0.5, 0.6) is 0 Å². The zero-order chi connectivity index (χ0) is 19.0. The molecule has 0 radical (unpaired) electrons. The lowest BCUT2D eigenvalue weighted by Crippen LogP contribution is -2.44. The van der Waals surface area contributed by atoms with Crippen molar-refractivity contribution in [2.24, 2.45) is 0 Å². The van der Waals surface area contributed by atoms with Gasteiger partial charge in [-0.2, -0.15) is 0 Å². The second kappa shape index (κ2) is 8.87. The number of thiazole rings is 1. The molecule has 1 aliphatic rings. The minimum Gasteiger partial charge on any atom is -0.346 e. The molecule has 0 N–H and O–H groups in total. The molecule has 0 amide bonds. The van der Waals surface area contributed by atoms with Crippen LogP contribution in [0.4, 0.5) is 5.13 Å². The molecule has 1 aliphatic heterocycles. The molecule has 28 heavy (non-hydrogen) atoms. The molecule has 0 unspecified atom stereocenters. The van der Waals surface area contributed by atoms with Gasteiger partial charge in [0.2, 0.25) is 0 Å². The molecule has 0 aliphatic carbocycles. The molecule has 4 nitrogen and oxygen atoms in total. The second-order valence-corrected chi connectivity index (χ2v) is 8.51. The van der Waals surface area contributed by atoms with E-state index in [1.807, 2.05) is 18.2 Å². The summed E-state index contributed by atoms with van der Waals surface area (Å²) >= 11 is 8.12. The third-order valence-corrected chi connectivity index (χ3v) is 6.67. The van der Waals surface area contributed by atoms with Crippen molar-refractivity contribution in [3.63, 3.8) is 0 Å². The molecule has 1 saturated heterocycles. The number of rotatable bonds is 4. The average Bonchev–Trinajstić information content (AvgIpc) is 3.24. The van der Waals surface area contributed by atoms with Crippen LogP contribution in [0.3, 0.4) is 0 Å². The number of nitrogens with zero attached hydrogens (tertiary/aromatic N) is 4. The molecule has 0 spiro atoms. The first kappa shape index (κ1) is 21.2. The highest BCUT2D eigenvalue weighted by atomic mass is 35.5. The summed E-state index contributed by atoms with van der Waals surface area (Å²) in [5.41, 5.74) is 5.91. The number of hydrogen-bond acceptors (Lipinski definition) is 4. The van der Waals surface area contributed by atoms with Crippen molar-refractivity contribution >= 4 is 40.5 Å². The molecule has 3 heterocycles. The summed E-state index contributed by atoms with van der Waals surface area (Å²) < 4.78 is 2.32. The monoisotopic (exact) mass is 436 g/mol. The van der Waals surface area contributed by atoms with Crippen molar-refractivity contribution in [2.75, 3.05) is 38.1 Å². The Morgan fingerprint density at radius 1 is 1.11 bits per heavy atom. The highest BCUT2D eigenvalue weighted by Crippen LogP contribution is 2.32. The van der Waals surface area contributed by atoms with Gasteiger partial charge in [0.1, 0.15) is 0 Å². The molecule has 0 atom stereocenters. The lowest BCUT2D eigenvalue weighted by atomic mass is 10.2. The van der Waals surface area contributed by atoms with Crippen molar-refractivity contribution in [1.29, 1.82) is 0 Å². The molecule has 1 aromatic carbocycles. The Bertz CT molecular complexity index is 942. The Balaban J connectivity index is 0.00000225. The third kappa shape index (κ3) is 4.23. The minimum atomic E-state index is 0. The quantitative estimate of drug-likeness (QED) is 0.567. The number of piperazine rings is 1. The summed E-state index contributed by atoms with van der Waals surface area (Å²) in [5, 5.41) is 4.14. The normalized spacial score (nSPS) is 14.9. The van der Waals surface area contributed by atoms with Gasteiger partial charge >= 0.3 is 0 Å². The SMILES string of the molecule is Cc1cc(-c2csc(N3CCN(C)CC3)n2)c(C)n1Cc1ccccc1Cl.Cl. The zero-order valence-electron chi connectivity index (χ0n) is 16.5. The number of aryl methyl sites for hydroxylation is 1. The Labute approximate surface area is 182 Å². The Morgan fingerprint density at radius 2 is 1.82 bits per heavy atom. The van der Waals surface area contributed by atoms with Crippen molar-refractivity contribution in [3.8, 4) is 11.3 Å². The van der Waals surface area contributed by atoms with E-state index in [1.165, 1.54) is 17.0 Å². The van der Waals surface area contributed by atoms with Gasteiger partial charge in [-0.15, -0.1) is 23.7 Å². The van der Waals surface area contributed by atoms with Crippen LogP contribution in [0.15, 0.2) is 35.7 Å². The van der Waals surface area contributed by atoms with Crippen LogP contribution in [0.25, 0.3) is 11.3 Å². The molecule has 150 valence electrons. The second-order valence-electron chi connectivity index (χ2n) is 7.27. The van der Waals surface area contributed by atoms with E-state index in [1.54, 1.807) is 11.3 Å². The van der Waals surface area contributed by atoms with Gasteiger partial charge in [0.15, 0.2) is 5.13 Å². The van der Waals surface area contributed by atoms with Gasteiger partial charge in [0.25, 0.3) is 0 Å². The molecule has 0 bridgehead atoms. The molecular formula is C21H26Cl2N4S. The van der Waals surface area contributed by atoms with Crippen molar-refractivity contribution in [2.45, 2.75) is 20.4 Å². The van der Waals surface area contributed by atoms with Gasteiger partial charge in [-0.05, 0) is 38.6 Å². The first-order valence-corrected chi connectivity index (χ1v) is 10.6. The lowest BCUT2D eigenvalue weighted by molar-refractivity contribution is 0.313. The van der Waals surface area contributed by atoms with E-state index in [2.05, 4.69) is 52.8 Å². The van der Waals surface area contributed by atoms with E-state index in [9.17, 15) is 0 Å². The summed E-state index contributed by atoms with van der Waals surface area (Å²) in [7, 11) is 2.18. The minimum absolute atomic E-state index is 0. The maximum absolute atomic E-state index is 6.37. The van der Waals surface area contributed by atoms with Crippen LogP contribution < -0.4 is 4.90 Å². The Hall–Kier alpha value is -1.53. The van der Waals surface area contributed by atoms with Gasteiger partial charge < -0.3 is 14.4 Å². The van der Waals surface area contributed by atoms with Gasteiger partial charge in [0.05, 0.1) is 5.69 Å². The van der Waals surface area contributed by atoms with E-state index in [0.29, 0.717) is 0 Å². The smallest absolute Gasteiger partial charge is 0.185 e. The molecule has 4 rings (SSSR count). The molecule has 3 aromatic rings. The predicted octanol–water partition coefficient (Wildman–Crippen LogP) is 5.10. The van der Waals surface area contributed by atoms with Crippen LogP contribution in [-0.4, -0.2) is 47.7 Å². The molecule has 0 saturated carbocycles. The summed E-state index contributed by atoms with van der Waals surface area (Å²) in [6.07, 6.45) is 0. The van der Waals surface area contributed by atoms with Gasteiger partial charge in [-0.3, -0.25) is 0 Å². The van der Waals surface area contributed by atoms with Gasteiger partial charge in [0, 0.05) is 60.1 Å². The van der Waals surface area contributed by atoms with Crippen molar-refractivity contribution < 1.29 is 0 Å². The molecule has 1 fully saturated rings. The van der Waals surface area contributed by atoms with Gasteiger partial charge in [-0.1, -0.05) is 29.8 Å². The average molecular weight is 437 g/mol. The van der Waals surface area contributed by atoms with Crippen LogP contribution in [0, 0.1) is 13.8 Å². The van der Waals surface area contributed by atoms with Gasteiger partial charge in [-0.25, -0.2) is 4.98 Å². The summed E-state index contributed by atoms with van der Waals surface area (Å²) in [6.45, 7) is 9.41. The highest BCUT2D eigenvalue weighted by molar-refractivity contribution is 7.14. The number of likely N-dealkylation sites (N-methyl/N-ethyl adjacent to an activating group) is 1. The molecule has 7 heteroatoms. The summed E-state index contributed by atoms with van der Waals surface area (Å²) in [4.78, 5) is 9.72. The maximum Gasteiger partial charge on any atom is 0.185 e. The van der Waals surface area contributed by atoms with Crippen LogP contribution in [-0.2, 0) is 6.54 Å². The topological polar surface area (TPSA) is 24.3 Å². The summed E-state index contributed by atoms with van der Waals surface area (Å²) in [6, 6.07) is 10.3. The largest absolute Gasteiger partial charge is 0.346 e. The Morgan fingerprint density at radius 3 is 2.54 bits per heavy atom. The van der Waals surface area contributed by atoms with Crippen LogP contribution in [0.2, 0.25) is 5.02 Å². The highest BCUT2D eigenvalue weighted by Gasteiger charge is 2.19. The molecule has 2 aromatic heterocycles. The number of halogens is 2. The van der Waals surface area contributed by atoms with E-state index >= 15 is 0 Å². The fourth-order valence-electron chi connectivity index (χ4n) is 3.63. The van der Waals surface area contributed by atoms with E-state index < -0.39 is 0 Å². The fraction of sp³-hybridized carbons (Fsp3) is 0.381. The fourth-order valence-corrected chi connectivity index (χ4v) is 4.71. The van der Waals surface area contributed by atoms with E-state index in [4.69, 9.17) is 16.6 Å². The van der Waals surface area contributed by atoms with Crippen LogP contribution in [0.1, 0.15) is 17.0 Å². The maximum atomic E-state index is 6.37. The van der Waals surface area contributed by atoms with Crippen molar-refractivity contribution in [3.05, 3.63) is 57.7 Å². The van der Waals surface area contributed by atoms with Crippen LogP contribution >= 0.6 is 35.3 Å². The lowest BCUT2D eigenvalue weighted by Gasteiger charge is -2.32. The first-order chi connectivity index (χ1) is 13.0. The first-order valence-electron chi connectivity index (χ1n) is 9.32. The number of benzene rings is 1. The Kier molecular flexibility index (Phi) is 6.71. The van der Waals surface area contributed by atoms with Crippen molar-refractivity contribution in [1.82, 2.24) is 14.5 Å². The summed E-state index contributed by atoms with van der Waals surface area (Å²) in [5.74, 6) is 0. The number of anilines is 1. The van der Waals surface area contributed by atoms with E-state index in [-0.39, 0.29) is 12.4 Å². The van der Waals surface area contributed by atoms with E-state index in [0.717, 1.165) is 54.1 Å². The predicted molar refractivity (Wildman–Crippen MR) is 123 cm³/mol. The number of hydrogen-bond donors (Lipinski definition) is 0.